The molecule has 0 atom stereocenters. The minimum atomic E-state index is -1.05. The highest BCUT2D eigenvalue weighted by Gasteiger charge is 2.18. The summed E-state index contributed by atoms with van der Waals surface area (Å²) in [5.74, 6) is 0.288. The molecule has 0 unspecified atom stereocenters. The lowest BCUT2D eigenvalue weighted by molar-refractivity contribution is 0.0689. The van der Waals surface area contributed by atoms with E-state index in [-0.39, 0.29) is 5.69 Å². The average molecular weight is 321 g/mol. The fraction of sp³-hybridized carbons (Fsp3) is 0.375. The molecule has 1 aromatic heterocycles. The SMILES string of the molecule is Cn1nc(C(=O)O)cc1-c1cc(Cl)cc(OCC2CCC2)c1. The third-order valence-electron chi connectivity index (χ3n) is 3.98. The maximum absolute atomic E-state index is 11.0. The van der Waals surface area contributed by atoms with Crippen LogP contribution in [0, 0.1) is 5.92 Å². The number of hydrogen-bond donors (Lipinski definition) is 1. The van der Waals surface area contributed by atoms with Gasteiger partial charge >= 0.3 is 5.97 Å². The van der Waals surface area contributed by atoms with Crippen molar-refractivity contribution in [3.8, 4) is 17.0 Å². The molecule has 0 bridgehead atoms. The van der Waals surface area contributed by atoms with Crippen molar-refractivity contribution in [3.05, 3.63) is 35.0 Å². The molecule has 1 aromatic carbocycles. The molecule has 1 heterocycles. The predicted octanol–water partition coefficient (Wildman–Crippen LogP) is 3.62. The van der Waals surface area contributed by atoms with Gasteiger partial charge in [0.1, 0.15) is 5.75 Å². The molecule has 0 spiro atoms. The van der Waals surface area contributed by atoms with E-state index in [2.05, 4.69) is 5.10 Å². The van der Waals surface area contributed by atoms with Gasteiger partial charge in [-0.25, -0.2) is 4.79 Å². The van der Waals surface area contributed by atoms with Crippen LogP contribution in [0.2, 0.25) is 5.02 Å². The smallest absolute Gasteiger partial charge is 0.356 e. The zero-order chi connectivity index (χ0) is 15.7. The van der Waals surface area contributed by atoms with E-state index < -0.39 is 5.97 Å². The molecule has 1 aliphatic rings. The molecule has 116 valence electrons. The van der Waals surface area contributed by atoms with Crippen molar-refractivity contribution in [2.45, 2.75) is 19.3 Å². The summed E-state index contributed by atoms with van der Waals surface area (Å²) in [7, 11) is 1.71. The molecule has 1 N–H and O–H groups in total. The van der Waals surface area contributed by atoms with Gasteiger partial charge in [-0.3, -0.25) is 4.68 Å². The zero-order valence-corrected chi connectivity index (χ0v) is 13.0. The van der Waals surface area contributed by atoms with Crippen LogP contribution in [0.15, 0.2) is 24.3 Å². The maximum Gasteiger partial charge on any atom is 0.356 e. The van der Waals surface area contributed by atoms with Gasteiger partial charge < -0.3 is 9.84 Å². The highest BCUT2D eigenvalue weighted by molar-refractivity contribution is 6.31. The lowest BCUT2D eigenvalue weighted by Crippen LogP contribution is -2.19. The molecule has 1 saturated carbocycles. The minimum absolute atomic E-state index is 0.00871. The Hall–Kier alpha value is -2.01. The Balaban J connectivity index is 1.86. The summed E-state index contributed by atoms with van der Waals surface area (Å²) in [4.78, 5) is 11.0. The molecule has 1 aliphatic carbocycles. The van der Waals surface area contributed by atoms with Crippen LogP contribution in [0.4, 0.5) is 0 Å². The summed E-state index contributed by atoms with van der Waals surface area (Å²) in [5.41, 5.74) is 1.49. The van der Waals surface area contributed by atoms with Gasteiger partial charge in [-0.15, -0.1) is 0 Å². The molecule has 0 aliphatic heterocycles. The van der Waals surface area contributed by atoms with Crippen molar-refractivity contribution in [1.82, 2.24) is 9.78 Å². The van der Waals surface area contributed by atoms with Gasteiger partial charge in [-0.05, 0) is 43.0 Å². The number of aromatic nitrogens is 2. The number of carboxylic acid groups (broad SMARTS) is 1. The normalized spacial score (nSPS) is 14.6. The van der Waals surface area contributed by atoms with Crippen LogP contribution in [0.1, 0.15) is 29.8 Å². The fourth-order valence-electron chi connectivity index (χ4n) is 2.51. The first-order valence-corrected chi connectivity index (χ1v) is 7.62. The Kier molecular flexibility index (Phi) is 4.07. The van der Waals surface area contributed by atoms with E-state index in [1.54, 1.807) is 19.2 Å². The monoisotopic (exact) mass is 320 g/mol. The summed E-state index contributed by atoms with van der Waals surface area (Å²) >= 11 is 6.16. The van der Waals surface area contributed by atoms with Crippen molar-refractivity contribution >= 4 is 17.6 Å². The van der Waals surface area contributed by atoms with Crippen molar-refractivity contribution in [2.75, 3.05) is 6.61 Å². The molecule has 1 fully saturated rings. The number of aromatic carboxylic acids is 1. The summed E-state index contributed by atoms with van der Waals surface area (Å²) < 4.78 is 7.35. The molecule has 0 radical (unpaired) electrons. The number of hydrogen-bond acceptors (Lipinski definition) is 3. The number of benzene rings is 1. The molecular formula is C16H17ClN2O3. The van der Waals surface area contributed by atoms with Crippen LogP contribution in [0.3, 0.4) is 0 Å². The molecule has 22 heavy (non-hydrogen) atoms. The predicted molar refractivity (Wildman–Crippen MR) is 83.4 cm³/mol. The van der Waals surface area contributed by atoms with E-state index in [1.807, 2.05) is 6.07 Å². The summed E-state index contributed by atoms with van der Waals surface area (Å²) in [6, 6.07) is 6.95. The summed E-state index contributed by atoms with van der Waals surface area (Å²) in [6.07, 6.45) is 3.72. The van der Waals surface area contributed by atoms with Crippen molar-refractivity contribution in [1.29, 1.82) is 0 Å². The Bertz CT molecular complexity index is 707. The second-order valence-corrected chi connectivity index (χ2v) is 6.06. The number of rotatable bonds is 5. The second kappa shape index (κ2) is 6.01. The largest absolute Gasteiger partial charge is 0.493 e. The summed E-state index contributed by atoms with van der Waals surface area (Å²) in [6.45, 7) is 0.700. The lowest BCUT2D eigenvalue weighted by Gasteiger charge is -2.25. The van der Waals surface area contributed by atoms with Crippen LogP contribution in [0.5, 0.6) is 5.75 Å². The van der Waals surface area contributed by atoms with E-state index in [4.69, 9.17) is 21.4 Å². The highest BCUT2D eigenvalue weighted by Crippen LogP contribution is 2.31. The van der Waals surface area contributed by atoms with E-state index in [1.165, 1.54) is 30.0 Å². The first-order chi connectivity index (χ1) is 10.5. The van der Waals surface area contributed by atoms with Crippen LogP contribution < -0.4 is 4.74 Å². The van der Waals surface area contributed by atoms with E-state index >= 15 is 0 Å². The molecule has 0 saturated heterocycles. The highest BCUT2D eigenvalue weighted by atomic mass is 35.5. The van der Waals surface area contributed by atoms with Crippen molar-refractivity contribution < 1.29 is 14.6 Å². The molecule has 6 heteroatoms. The lowest BCUT2D eigenvalue weighted by atomic mass is 9.86. The van der Waals surface area contributed by atoms with Crippen LogP contribution in [-0.4, -0.2) is 27.5 Å². The number of carbonyl (C=O) groups is 1. The first-order valence-electron chi connectivity index (χ1n) is 7.24. The van der Waals surface area contributed by atoms with Gasteiger partial charge in [-0.2, -0.15) is 5.10 Å². The fourth-order valence-corrected chi connectivity index (χ4v) is 2.73. The average Bonchev–Trinajstić information content (AvgIpc) is 2.79. The Labute approximate surface area is 133 Å². The molecule has 3 rings (SSSR count). The third-order valence-corrected chi connectivity index (χ3v) is 4.19. The zero-order valence-electron chi connectivity index (χ0n) is 12.3. The van der Waals surface area contributed by atoms with Gasteiger partial charge in [-0.1, -0.05) is 18.0 Å². The molecule has 2 aromatic rings. The minimum Gasteiger partial charge on any atom is -0.493 e. The van der Waals surface area contributed by atoms with Crippen LogP contribution in [0.25, 0.3) is 11.3 Å². The quantitative estimate of drug-likeness (QED) is 0.914. The van der Waals surface area contributed by atoms with Gasteiger partial charge in [0.05, 0.1) is 12.3 Å². The number of aryl methyl sites for hydroxylation is 1. The van der Waals surface area contributed by atoms with E-state index in [0.717, 1.165) is 5.56 Å². The van der Waals surface area contributed by atoms with Crippen molar-refractivity contribution in [2.24, 2.45) is 13.0 Å². The van der Waals surface area contributed by atoms with Crippen LogP contribution >= 0.6 is 11.6 Å². The van der Waals surface area contributed by atoms with Gasteiger partial charge in [0.15, 0.2) is 5.69 Å². The number of carboxylic acids is 1. The number of halogens is 1. The number of ether oxygens (including phenoxy) is 1. The topological polar surface area (TPSA) is 64.4 Å². The number of nitrogens with zero attached hydrogens (tertiary/aromatic N) is 2. The van der Waals surface area contributed by atoms with E-state index in [0.29, 0.717) is 29.0 Å². The molecule has 5 nitrogen and oxygen atoms in total. The van der Waals surface area contributed by atoms with Gasteiger partial charge in [0.2, 0.25) is 0 Å². The second-order valence-electron chi connectivity index (χ2n) is 5.63. The Morgan fingerprint density at radius 3 is 2.77 bits per heavy atom. The molecular weight excluding hydrogens is 304 g/mol. The molecule has 0 amide bonds. The third kappa shape index (κ3) is 3.09. The van der Waals surface area contributed by atoms with Crippen molar-refractivity contribution in [3.63, 3.8) is 0 Å². The van der Waals surface area contributed by atoms with E-state index in [9.17, 15) is 4.79 Å². The Morgan fingerprint density at radius 1 is 1.41 bits per heavy atom. The standard InChI is InChI=1S/C16H17ClN2O3/c1-19-15(8-14(18-19)16(20)21)11-5-12(17)7-13(6-11)22-9-10-3-2-4-10/h5-8,10H,2-4,9H2,1H3,(H,20,21). The Morgan fingerprint density at radius 2 is 2.18 bits per heavy atom. The summed E-state index contributed by atoms with van der Waals surface area (Å²) in [5, 5.41) is 13.6. The van der Waals surface area contributed by atoms with Gasteiger partial charge in [0.25, 0.3) is 0 Å². The maximum atomic E-state index is 11.0. The van der Waals surface area contributed by atoms with Crippen LogP contribution in [-0.2, 0) is 7.05 Å². The first kappa shape index (κ1) is 14.9. The van der Waals surface area contributed by atoms with Gasteiger partial charge in [0, 0.05) is 17.6 Å².